The molecule has 0 aromatic heterocycles. The van der Waals surface area contributed by atoms with Crippen LogP contribution >= 0.6 is 0 Å². The van der Waals surface area contributed by atoms with Gasteiger partial charge < -0.3 is 19.9 Å². The average Bonchev–Trinajstić information content (AvgIpc) is 2.86. The molecule has 2 N–H and O–H groups in total. The molecule has 0 spiro atoms. The van der Waals surface area contributed by atoms with Gasteiger partial charge in [0.2, 0.25) is 0 Å². The third-order valence-electron chi connectivity index (χ3n) is 8.14. The van der Waals surface area contributed by atoms with Gasteiger partial charge in [-0.05, 0) is 75.7 Å². The lowest BCUT2D eigenvalue weighted by atomic mass is 9.73. The van der Waals surface area contributed by atoms with Crippen LogP contribution in [0.3, 0.4) is 0 Å². The maximum atomic E-state index is 12.9. The van der Waals surface area contributed by atoms with Crippen molar-refractivity contribution >= 4 is 0 Å². The molecule has 2 aliphatic rings. The van der Waals surface area contributed by atoms with Crippen molar-refractivity contribution in [2.75, 3.05) is 40.4 Å². The molecule has 0 amide bonds. The Hall–Kier alpha value is -1.35. The van der Waals surface area contributed by atoms with E-state index < -0.39 is 12.0 Å². The monoisotopic (exact) mass is 514 g/mol. The van der Waals surface area contributed by atoms with Crippen molar-refractivity contribution in [1.29, 1.82) is 0 Å². The molecule has 206 valence electrons. The molecule has 2 fully saturated rings. The highest BCUT2D eigenvalue weighted by molar-refractivity contribution is 5.33. The third kappa shape index (κ3) is 8.61. The second kappa shape index (κ2) is 14.0. The molecule has 1 aromatic rings. The Morgan fingerprint density at radius 2 is 1.89 bits per heavy atom. The Bertz CT molecular complexity index is 773. The number of nitrogens with one attached hydrogen (secondary N) is 1. The zero-order valence-corrected chi connectivity index (χ0v) is 22.0. The third-order valence-corrected chi connectivity index (χ3v) is 8.14. The summed E-state index contributed by atoms with van der Waals surface area (Å²) in [5.74, 6) is 0.399. The van der Waals surface area contributed by atoms with E-state index in [2.05, 4.69) is 15.0 Å². The lowest BCUT2D eigenvalue weighted by Gasteiger charge is -2.46. The van der Waals surface area contributed by atoms with Crippen LogP contribution in [-0.2, 0) is 10.3 Å². The van der Waals surface area contributed by atoms with Crippen molar-refractivity contribution in [2.45, 2.75) is 88.6 Å². The van der Waals surface area contributed by atoms with E-state index in [0.717, 1.165) is 57.7 Å². The standard InChI is InChI=1S/C28H45F3N2O3/c1-32-20-25(18-22-10-4-3-5-11-22)33-16-9-13-24(21-33)27(34,15-6-7-17-35-2)23-12-8-14-26(19-23)36-28(29,30)31/h8,12,14,19,22,24-25,32,34H,3-7,9-11,13,15-18,20-21H2,1-2H3/t24-,25?,27-/m1/s1. The van der Waals surface area contributed by atoms with Crippen LogP contribution in [0, 0.1) is 11.8 Å². The zero-order chi connectivity index (χ0) is 26.0. The van der Waals surface area contributed by atoms with E-state index >= 15 is 0 Å². The number of unbranched alkanes of at least 4 members (excludes halogenated alkanes) is 1. The van der Waals surface area contributed by atoms with Crippen molar-refractivity contribution in [3.8, 4) is 5.75 Å². The Kier molecular flexibility index (Phi) is 11.3. The van der Waals surface area contributed by atoms with Crippen LogP contribution in [0.4, 0.5) is 13.2 Å². The number of halogens is 3. The fraction of sp³-hybridized carbons (Fsp3) is 0.786. The van der Waals surface area contributed by atoms with Gasteiger partial charge in [0.25, 0.3) is 0 Å². The summed E-state index contributed by atoms with van der Waals surface area (Å²) < 4.78 is 48.1. The molecular weight excluding hydrogens is 469 g/mol. The van der Waals surface area contributed by atoms with E-state index in [9.17, 15) is 18.3 Å². The molecule has 8 heteroatoms. The number of hydrogen-bond acceptors (Lipinski definition) is 5. The van der Waals surface area contributed by atoms with E-state index in [1.807, 2.05) is 7.05 Å². The van der Waals surface area contributed by atoms with Gasteiger partial charge in [0.15, 0.2) is 0 Å². The number of hydrogen-bond donors (Lipinski definition) is 2. The molecular formula is C28H45F3N2O3. The summed E-state index contributed by atoms with van der Waals surface area (Å²) >= 11 is 0. The first-order valence-electron chi connectivity index (χ1n) is 13.7. The van der Waals surface area contributed by atoms with Gasteiger partial charge in [-0.3, -0.25) is 4.90 Å². The van der Waals surface area contributed by atoms with Crippen LogP contribution in [0.2, 0.25) is 0 Å². The van der Waals surface area contributed by atoms with Crippen LogP contribution < -0.4 is 10.1 Å². The second-order valence-corrected chi connectivity index (χ2v) is 10.7. The average molecular weight is 515 g/mol. The van der Waals surface area contributed by atoms with Crippen molar-refractivity contribution in [2.24, 2.45) is 11.8 Å². The number of ether oxygens (including phenoxy) is 2. The molecule has 1 unspecified atom stereocenters. The van der Waals surface area contributed by atoms with Crippen molar-refractivity contribution in [1.82, 2.24) is 10.2 Å². The smallest absolute Gasteiger partial charge is 0.406 e. The van der Waals surface area contributed by atoms with Crippen molar-refractivity contribution < 1.29 is 27.8 Å². The van der Waals surface area contributed by atoms with Gasteiger partial charge >= 0.3 is 6.36 Å². The molecule has 36 heavy (non-hydrogen) atoms. The number of likely N-dealkylation sites (N-methyl/N-ethyl adjacent to an activating group) is 1. The van der Waals surface area contributed by atoms with E-state index in [-0.39, 0.29) is 11.7 Å². The lowest BCUT2D eigenvalue weighted by Crippen LogP contribution is -2.52. The molecule has 1 saturated heterocycles. The first-order chi connectivity index (χ1) is 17.2. The Labute approximate surface area is 214 Å². The maximum absolute atomic E-state index is 12.9. The van der Waals surface area contributed by atoms with Gasteiger partial charge in [-0.15, -0.1) is 13.2 Å². The summed E-state index contributed by atoms with van der Waals surface area (Å²) in [5.41, 5.74) is -0.724. The number of benzene rings is 1. The number of alkyl halides is 3. The number of likely N-dealkylation sites (tertiary alicyclic amines) is 1. The Morgan fingerprint density at radius 3 is 2.58 bits per heavy atom. The number of aliphatic hydroxyl groups is 1. The number of piperidine rings is 1. The quantitative estimate of drug-likeness (QED) is 0.323. The molecule has 3 atom stereocenters. The summed E-state index contributed by atoms with van der Waals surface area (Å²) in [7, 11) is 3.64. The summed E-state index contributed by atoms with van der Waals surface area (Å²) in [4.78, 5) is 2.52. The van der Waals surface area contributed by atoms with Crippen LogP contribution in [-0.4, -0.2) is 62.8 Å². The topological polar surface area (TPSA) is 54.0 Å². The van der Waals surface area contributed by atoms with E-state index in [0.29, 0.717) is 24.6 Å². The van der Waals surface area contributed by atoms with Crippen molar-refractivity contribution in [3.05, 3.63) is 29.8 Å². The van der Waals surface area contributed by atoms with Crippen LogP contribution in [0.15, 0.2) is 24.3 Å². The molecule has 1 aromatic carbocycles. The molecule has 0 radical (unpaired) electrons. The number of nitrogens with zero attached hydrogens (tertiary/aromatic N) is 1. The lowest BCUT2D eigenvalue weighted by molar-refractivity contribution is -0.274. The summed E-state index contributed by atoms with van der Waals surface area (Å²) in [6, 6.07) is 6.35. The predicted molar refractivity (Wildman–Crippen MR) is 136 cm³/mol. The molecule has 3 rings (SSSR count). The number of methoxy groups -OCH3 is 1. The molecule has 5 nitrogen and oxygen atoms in total. The molecule has 0 bridgehead atoms. The Balaban J connectivity index is 1.80. The first kappa shape index (κ1) is 29.2. The molecule has 1 saturated carbocycles. The molecule has 1 heterocycles. The summed E-state index contributed by atoms with van der Waals surface area (Å²) in [6.45, 7) is 3.23. The first-order valence-corrected chi connectivity index (χ1v) is 13.7. The normalized spacial score (nSPS) is 22.8. The van der Waals surface area contributed by atoms with E-state index in [4.69, 9.17) is 4.74 Å². The summed E-state index contributed by atoms with van der Waals surface area (Å²) in [5, 5.41) is 15.5. The number of rotatable bonds is 13. The van der Waals surface area contributed by atoms with Crippen LogP contribution in [0.25, 0.3) is 0 Å². The Morgan fingerprint density at radius 1 is 1.11 bits per heavy atom. The molecule has 1 aliphatic heterocycles. The highest BCUT2D eigenvalue weighted by Crippen LogP contribution is 2.42. The van der Waals surface area contributed by atoms with Gasteiger partial charge in [0, 0.05) is 38.8 Å². The minimum Gasteiger partial charge on any atom is -0.406 e. The van der Waals surface area contributed by atoms with Gasteiger partial charge in [-0.1, -0.05) is 44.2 Å². The zero-order valence-electron chi connectivity index (χ0n) is 22.0. The second-order valence-electron chi connectivity index (χ2n) is 10.7. The van der Waals surface area contributed by atoms with Crippen molar-refractivity contribution in [3.63, 3.8) is 0 Å². The van der Waals surface area contributed by atoms with Crippen LogP contribution in [0.5, 0.6) is 5.75 Å². The largest absolute Gasteiger partial charge is 0.573 e. The van der Waals surface area contributed by atoms with Gasteiger partial charge in [0.05, 0.1) is 5.60 Å². The molecule has 1 aliphatic carbocycles. The fourth-order valence-corrected chi connectivity index (χ4v) is 6.32. The fourth-order valence-electron chi connectivity index (χ4n) is 6.32. The van der Waals surface area contributed by atoms with E-state index in [1.165, 1.54) is 44.2 Å². The minimum absolute atomic E-state index is 0.0688. The van der Waals surface area contributed by atoms with E-state index in [1.54, 1.807) is 19.2 Å². The van der Waals surface area contributed by atoms with Gasteiger partial charge in [0.1, 0.15) is 5.75 Å². The van der Waals surface area contributed by atoms with Crippen LogP contribution in [0.1, 0.15) is 76.2 Å². The van der Waals surface area contributed by atoms with Gasteiger partial charge in [-0.25, -0.2) is 0 Å². The minimum atomic E-state index is -4.77. The highest BCUT2D eigenvalue weighted by atomic mass is 19.4. The highest BCUT2D eigenvalue weighted by Gasteiger charge is 2.42. The van der Waals surface area contributed by atoms with Gasteiger partial charge in [-0.2, -0.15) is 0 Å². The predicted octanol–water partition coefficient (Wildman–Crippen LogP) is 5.86. The maximum Gasteiger partial charge on any atom is 0.573 e. The SMILES string of the molecule is CNCC(CC1CCCCC1)N1CCC[C@@H]([C@@](O)(CCCCOC)c2cccc(OC(F)(F)F)c2)C1. The summed E-state index contributed by atoms with van der Waals surface area (Å²) in [6.07, 6.45) is 6.77.